The molecule has 6 N–H and O–H groups in total. The van der Waals surface area contributed by atoms with Crippen LogP contribution in [0.5, 0.6) is 0 Å². The van der Waals surface area contributed by atoms with Crippen molar-refractivity contribution in [3.05, 3.63) is 68.5 Å². The fourth-order valence-corrected chi connectivity index (χ4v) is 2.98. The molecule has 0 unspecified atom stereocenters. The van der Waals surface area contributed by atoms with Gasteiger partial charge in [0.15, 0.2) is 6.23 Å². The summed E-state index contributed by atoms with van der Waals surface area (Å²) in [6.07, 6.45) is -2.99. The van der Waals surface area contributed by atoms with Gasteiger partial charge in [0, 0.05) is 31.9 Å². The molecule has 1 aromatic heterocycles. The Kier molecular flexibility index (Phi) is 5.64. The third-order valence-corrected chi connectivity index (χ3v) is 4.36. The maximum Gasteiger partial charge on any atom is 0.330 e. The molecule has 0 aliphatic carbocycles. The summed E-state index contributed by atoms with van der Waals surface area (Å²) in [5, 5.41) is 23.5. The molecule has 0 saturated carbocycles. The molecule has 9 nitrogen and oxygen atoms in total. The lowest BCUT2D eigenvalue weighted by atomic mass is 10.1. The largest absolute Gasteiger partial charge is 0.387 e. The molecule has 0 bridgehead atoms. The average Bonchev–Trinajstić information content (AvgIpc) is 2.90. The quantitative estimate of drug-likeness (QED) is 0.417. The first-order chi connectivity index (χ1) is 12.5. The first-order valence-electron chi connectivity index (χ1n) is 8.31. The van der Waals surface area contributed by atoms with E-state index < -0.39 is 35.8 Å². The number of hydrogen-bond acceptors (Lipinski definition) is 7. The summed E-state index contributed by atoms with van der Waals surface area (Å²) >= 11 is 0. The average molecular weight is 362 g/mol. The zero-order valence-electron chi connectivity index (χ0n) is 14.0. The van der Waals surface area contributed by atoms with E-state index in [9.17, 15) is 19.8 Å². The van der Waals surface area contributed by atoms with Gasteiger partial charge in [-0.05, 0) is 11.1 Å². The Bertz CT molecular complexity index is 864. The lowest BCUT2D eigenvalue weighted by Crippen LogP contribution is -2.38. The van der Waals surface area contributed by atoms with Crippen LogP contribution in [-0.4, -0.2) is 44.6 Å². The summed E-state index contributed by atoms with van der Waals surface area (Å²) in [5.41, 5.74) is 6.43. The molecule has 4 atom stereocenters. The highest BCUT2D eigenvalue weighted by Crippen LogP contribution is 2.27. The number of aromatic amines is 1. The molecule has 1 aliphatic heterocycles. The van der Waals surface area contributed by atoms with Crippen LogP contribution in [0, 0.1) is 0 Å². The van der Waals surface area contributed by atoms with Crippen molar-refractivity contribution >= 4 is 0 Å². The third kappa shape index (κ3) is 3.92. The number of hydrogen-bond donors (Lipinski definition) is 5. The Morgan fingerprint density at radius 1 is 1.19 bits per heavy atom. The highest BCUT2D eigenvalue weighted by molar-refractivity contribution is 5.23. The van der Waals surface area contributed by atoms with E-state index >= 15 is 0 Å². The monoisotopic (exact) mass is 362 g/mol. The fourth-order valence-electron chi connectivity index (χ4n) is 2.98. The molecule has 0 radical (unpaired) electrons. The van der Waals surface area contributed by atoms with Crippen LogP contribution in [-0.2, 0) is 17.8 Å². The summed E-state index contributed by atoms with van der Waals surface area (Å²) in [5.74, 6) is 0. The number of nitrogens with one attached hydrogen (secondary N) is 2. The molecule has 3 rings (SSSR count). The number of nitrogens with zero attached hydrogens (tertiary/aromatic N) is 1. The van der Waals surface area contributed by atoms with E-state index in [1.54, 1.807) is 0 Å². The highest BCUT2D eigenvalue weighted by atomic mass is 16.6. The van der Waals surface area contributed by atoms with Gasteiger partial charge in [-0.3, -0.25) is 14.3 Å². The third-order valence-electron chi connectivity index (χ3n) is 4.36. The molecule has 0 amide bonds. The van der Waals surface area contributed by atoms with Crippen LogP contribution in [0.15, 0.2) is 46.1 Å². The van der Waals surface area contributed by atoms with E-state index in [1.807, 2.05) is 24.3 Å². The predicted molar refractivity (Wildman–Crippen MR) is 93.3 cm³/mol. The van der Waals surface area contributed by atoms with E-state index in [1.165, 1.54) is 6.20 Å². The summed E-state index contributed by atoms with van der Waals surface area (Å²) in [7, 11) is 0. The second-order valence-electron chi connectivity index (χ2n) is 6.22. The fraction of sp³-hybridized carbons (Fsp3) is 0.412. The number of ether oxygens (including phenoxy) is 1. The van der Waals surface area contributed by atoms with Gasteiger partial charge in [0.2, 0.25) is 0 Å². The number of aliphatic hydroxyl groups is 2. The minimum absolute atomic E-state index is 0.277. The standard InChI is InChI=1S/C17H22N4O5/c18-7-10-2-1-3-11(6-10)8-19-9-12-14(23)15(24)16(26-12)21-5-4-13(22)20-17(21)25/h1-6,12,14-16,19,23-24H,7-9,18H2,(H,20,22,25)/t12-,14-,15-,16-/m1/s1. The predicted octanol–water partition coefficient (Wildman–Crippen LogP) is -1.60. The molecular weight excluding hydrogens is 340 g/mol. The minimum atomic E-state index is -1.29. The SMILES string of the molecule is NCc1cccc(CNC[C@H]2O[C@@H](n3ccc(=O)[nH]c3=O)[C@H](O)[C@@H]2O)c1. The number of benzene rings is 1. The van der Waals surface area contributed by atoms with Crippen molar-refractivity contribution in [1.82, 2.24) is 14.9 Å². The topological polar surface area (TPSA) is 143 Å². The van der Waals surface area contributed by atoms with Gasteiger partial charge in [-0.25, -0.2) is 4.79 Å². The second kappa shape index (κ2) is 7.94. The minimum Gasteiger partial charge on any atom is -0.387 e. The van der Waals surface area contributed by atoms with E-state index in [0.717, 1.165) is 21.8 Å². The van der Waals surface area contributed by atoms with Gasteiger partial charge in [-0.15, -0.1) is 0 Å². The Morgan fingerprint density at radius 3 is 2.69 bits per heavy atom. The van der Waals surface area contributed by atoms with Gasteiger partial charge < -0.3 is 26.0 Å². The summed E-state index contributed by atoms with van der Waals surface area (Å²) in [6, 6.07) is 8.95. The van der Waals surface area contributed by atoms with Crippen LogP contribution < -0.4 is 22.3 Å². The van der Waals surface area contributed by atoms with Gasteiger partial charge in [0.25, 0.3) is 5.56 Å². The normalized spacial score (nSPS) is 25.5. The summed E-state index contributed by atoms with van der Waals surface area (Å²) < 4.78 is 6.69. The van der Waals surface area contributed by atoms with Gasteiger partial charge in [0.1, 0.15) is 18.3 Å². The molecule has 26 heavy (non-hydrogen) atoms. The Balaban J connectivity index is 1.62. The summed E-state index contributed by atoms with van der Waals surface area (Å²) in [6.45, 7) is 1.28. The van der Waals surface area contributed by atoms with Crippen molar-refractivity contribution in [2.45, 2.75) is 37.6 Å². The van der Waals surface area contributed by atoms with E-state index in [4.69, 9.17) is 10.5 Å². The molecular formula is C17H22N4O5. The molecule has 2 heterocycles. The Hall–Kier alpha value is -2.30. The van der Waals surface area contributed by atoms with Crippen LogP contribution in [0.4, 0.5) is 0 Å². The number of rotatable bonds is 6. The van der Waals surface area contributed by atoms with Crippen molar-refractivity contribution < 1.29 is 14.9 Å². The summed E-state index contributed by atoms with van der Waals surface area (Å²) in [4.78, 5) is 25.1. The van der Waals surface area contributed by atoms with Gasteiger partial charge >= 0.3 is 5.69 Å². The molecule has 1 aliphatic rings. The lowest BCUT2D eigenvalue weighted by Gasteiger charge is -2.16. The van der Waals surface area contributed by atoms with Crippen LogP contribution >= 0.6 is 0 Å². The lowest BCUT2D eigenvalue weighted by molar-refractivity contribution is -0.0392. The Morgan fingerprint density at radius 2 is 1.96 bits per heavy atom. The zero-order chi connectivity index (χ0) is 18.7. The van der Waals surface area contributed by atoms with Crippen molar-refractivity contribution in [2.75, 3.05) is 6.54 Å². The van der Waals surface area contributed by atoms with Gasteiger partial charge in [0.05, 0.1) is 0 Å². The molecule has 2 aromatic rings. The number of aromatic nitrogens is 2. The molecule has 1 aromatic carbocycles. The van der Waals surface area contributed by atoms with Gasteiger partial charge in [-0.2, -0.15) is 0 Å². The molecule has 0 spiro atoms. The maximum atomic E-state index is 11.9. The first kappa shape index (κ1) is 18.5. The number of H-pyrrole nitrogens is 1. The van der Waals surface area contributed by atoms with Crippen LogP contribution in [0.25, 0.3) is 0 Å². The van der Waals surface area contributed by atoms with Crippen molar-refractivity contribution in [1.29, 1.82) is 0 Å². The van der Waals surface area contributed by atoms with Gasteiger partial charge in [-0.1, -0.05) is 24.3 Å². The smallest absolute Gasteiger partial charge is 0.330 e. The van der Waals surface area contributed by atoms with Crippen molar-refractivity contribution in [2.24, 2.45) is 5.73 Å². The second-order valence-corrected chi connectivity index (χ2v) is 6.22. The first-order valence-corrected chi connectivity index (χ1v) is 8.31. The maximum absolute atomic E-state index is 11.9. The molecule has 1 fully saturated rings. The zero-order valence-corrected chi connectivity index (χ0v) is 14.0. The molecule has 9 heteroatoms. The number of nitrogens with two attached hydrogens (primary N) is 1. The Labute approximate surface area is 149 Å². The van der Waals surface area contributed by atoms with Crippen molar-refractivity contribution in [3.8, 4) is 0 Å². The van der Waals surface area contributed by atoms with Crippen LogP contribution in [0.2, 0.25) is 0 Å². The van der Waals surface area contributed by atoms with Crippen LogP contribution in [0.1, 0.15) is 17.4 Å². The van der Waals surface area contributed by atoms with E-state index in [2.05, 4.69) is 10.3 Å². The molecule has 1 saturated heterocycles. The molecule has 140 valence electrons. The highest BCUT2D eigenvalue weighted by Gasteiger charge is 2.43. The van der Waals surface area contributed by atoms with Crippen molar-refractivity contribution in [3.63, 3.8) is 0 Å². The van der Waals surface area contributed by atoms with E-state index in [0.29, 0.717) is 13.1 Å². The number of aliphatic hydroxyl groups excluding tert-OH is 2. The van der Waals surface area contributed by atoms with E-state index in [-0.39, 0.29) is 6.54 Å². The van der Waals surface area contributed by atoms with Crippen LogP contribution in [0.3, 0.4) is 0 Å².